The number of anilines is 1. The molecular weight excluding hydrogens is 262 g/mol. The smallest absolute Gasteiger partial charge is 0.338 e. The molecule has 0 bridgehead atoms. The molecule has 0 fully saturated rings. The van der Waals surface area contributed by atoms with Gasteiger partial charge in [0.05, 0.1) is 23.1 Å². The monoisotopic (exact) mass is 279 g/mol. The van der Waals surface area contributed by atoms with E-state index in [9.17, 15) is 9.59 Å². The zero-order valence-electron chi connectivity index (χ0n) is 11.3. The van der Waals surface area contributed by atoms with Gasteiger partial charge in [-0.2, -0.15) is 0 Å². The van der Waals surface area contributed by atoms with Crippen LogP contribution in [0.2, 0.25) is 0 Å². The quantitative estimate of drug-likeness (QED) is 0.798. The molecule has 1 aliphatic rings. The fraction of sp³-hybridized carbons (Fsp3) is 0.429. The largest absolute Gasteiger partial charge is 0.462 e. The predicted octanol–water partition coefficient (Wildman–Crippen LogP) is 2.71. The maximum Gasteiger partial charge on any atom is 0.338 e. The van der Waals surface area contributed by atoms with Gasteiger partial charge in [-0.05, 0) is 39.0 Å². The molecular formula is C14H17NO3S. The summed E-state index contributed by atoms with van der Waals surface area (Å²) in [6.07, 6.45) is 0. The summed E-state index contributed by atoms with van der Waals surface area (Å²) in [7, 11) is 0. The van der Waals surface area contributed by atoms with Crippen LogP contribution in [0.15, 0.2) is 23.1 Å². The number of carbonyl (C=O) groups excluding carboxylic acids is 2. The van der Waals surface area contributed by atoms with Crippen LogP contribution in [0, 0.1) is 0 Å². The van der Waals surface area contributed by atoms with Crippen molar-refractivity contribution in [2.75, 3.05) is 18.1 Å². The molecule has 0 N–H and O–H groups in total. The van der Waals surface area contributed by atoms with E-state index in [-0.39, 0.29) is 17.1 Å². The number of rotatable bonds is 3. The van der Waals surface area contributed by atoms with Crippen molar-refractivity contribution < 1.29 is 14.3 Å². The number of amides is 1. The molecule has 19 heavy (non-hydrogen) atoms. The minimum atomic E-state index is -0.350. The van der Waals surface area contributed by atoms with Crippen LogP contribution in [0.25, 0.3) is 0 Å². The van der Waals surface area contributed by atoms with Crippen molar-refractivity contribution in [3.05, 3.63) is 23.8 Å². The van der Waals surface area contributed by atoms with Crippen molar-refractivity contribution in [2.45, 2.75) is 30.9 Å². The number of nitrogens with zero attached hydrogens (tertiary/aromatic N) is 1. The Morgan fingerprint density at radius 3 is 2.79 bits per heavy atom. The predicted molar refractivity (Wildman–Crippen MR) is 75.7 cm³/mol. The fourth-order valence-corrected chi connectivity index (χ4v) is 3.12. The Morgan fingerprint density at radius 2 is 2.16 bits per heavy atom. The van der Waals surface area contributed by atoms with Crippen molar-refractivity contribution >= 4 is 29.3 Å². The lowest BCUT2D eigenvalue weighted by atomic mass is 10.1. The van der Waals surface area contributed by atoms with Gasteiger partial charge in [-0.3, -0.25) is 4.79 Å². The summed E-state index contributed by atoms with van der Waals surface area (Å²) >= 11 is 1.53. The van der Waals surface area contributed by atoms with Crippen molar-refractivity contribution in [2.24, 2.45) is 0 Å². The lowest BCUT2D eigenvalue weighted by Crippen LogP contribution is -2.39. The molecule has 4 nitrogen and oxygen atoms in total. The van der Waals surface area contributed by atoms with Crippen molar-refractivity contribution in [1.29, 1.82) is 0 Å². The molecule has 102 valence electrons. The van der Waals surface area contributed by atoms with Crippen molar-refractivity contribution in [3.63, 3.8) is 0 Å². The van der Waals surface area contributed by atoms with E-state index in [4.69, 9.17) is 4.74 Å². The maximum atomic E-state index is 12.1. The Balaban J connectivity index is 2.40. The second kappa shape index (κ2) is 5.65. The van der Waals surface area contributed by atoms with Crippen LogP contribution in [0.3, 0.4) is 0 Å². The molecule has 1 aliphatic heterocycles. The van der Waals surface area contributed by atoms with Gasteiger partial charge in [0.25, 0.3) is 0 Å². The summed E-state index contributed by atoms with van der Waals surface area (Å²) in [6, 6.07) is 5.38. The zero-order chi connectivity index (χ0) is 14.0. The van der Waals surface area contributed by atoms with Gasteiger partial charge in [0.15, 0.2) is 0 Å². The van der Waals surface area contributed by atoms with E-state index < -0.39 is 0 Å². The number of fused-ring (bicyclic) bond motifs is 1. The first-order valence-electron chi connectivity index (χ1n) is 6.37. The number of hydrogen-bond donors (Lipinski definition) is 0. The number of carbonyl (C=O) groups is 2. The van der Waals surface area contributed by atoms with Gasteiger partial charge < -0.3 is 9.64 Å². The highest BCUT2D eigenvalue weighted by Gasteiger charge is 2.30. The highest BCUT2D eigenvalue weighted by molar-refractivity contribution is 8.00. The van der Waals surface area contributed by atoms with E-state index >= 15 is 0 Å². The highest BCUT2D eigenvalue weighted by Crippen LogP contribution is 2.39. The SMILES string of the molecule is CCOC(=O)c1ccc2c(c1)N(CC)C(=O)C(C)S2. The van der Waals surface area contributed by atoms with Crippen LogP contribution in [-0.4, -0.2) is 30.3 Å². The van der Waals surface area contributed by atoms with E-state index in [0.29, 0.717) is 18.7 Å². The van der Waals surface area contributed by atoms with Gasteiger partial charge in [-0.15, -0.1) is 11.8 Å². The minimum Gasteiger partial charge on any atom is -0.462 e. The third kappa shape index (κ3) is 2.61. The molecule has 0 radical (unpaired) electrons. The summed E-state index contributed by atoms with van der Waals surface area (Å²) in [5, 5.41) is -0.0825. The molecule has 1 heterocycles. The van der Waals surface area contributed by atoms with Gasteiger partial charge in [0, 0.05) is 11.4 Å². The zero-order valence-corrected chi connectivity index (χ0v) is 12.1. The maximum absolute atomic E-state index is 12.1. The molecule has 1 amide bonds. The molecule has 1 unspecified atom stereocenters. The highest BCUT2D eigenvalue weighted by atomic mass is 32.2. The summed E-state index contributed by atoms with van der Waals surface area (Å²) < 4.78 is 4.99. The molecule has 0 saturated carbocycles. The summed E-state index contributed by atoms with van der Waals surface area (Å²) in [5.74, 6) is -0.265. The topological polar surface area (TPSA) is 46.6 Å². The van der Waals surface area contributed by atoms with Gasteiger partial charge >= 0.3 is 5.97 Å². The standard InChI is InChI=1S/C14H17NO3S/c1-4-15-11-8-10(14(17)18-5-2)6-7-12(11)19-9(3)13(15)16/h6-9H,4-5H2,1-3H3. The minimum absolute atomic E-state index is 0.0825. The van der Waals surface area contributed by atoms with Gasteiger partial charge in [-0.25, -0.2) is 4.79 Å². The summed E-state index contributed by atoms with van der Waals surface area (Å²) in [5.41, 5.74) is 1.29. The Kier molecular flexibility index (Phi) is 4.14. The van der Waals surface area contributed by atoms with Crippen molar-refractivity contribution in [1.82, 2.24) is 0 Å². The van der Waals surface area contributed by atoms with Crippen molar-refractivity contribution in [3.8, 4) is 0 Å². The number of thioether (sulfide) groups is 1. The molecule has 0 aliphatic carbocycles. The first kappa shape index (κ1) is 13.9. The van der Waals surface area contributed by atoms with Gasteiger partial charge in [0.2, 0.25) is 5.91 Å². The molecule has 0 aromatic heterocycles. The second-order valence-corrected chi connectivity index (χ2v) is 5.63. The lowest BCUT2D eigenvalue weighted by Gasteiger charge is -2.31. The number of esters is 1. The Hall–Kier alpha value is -1.49. The van der Waals surface area contributed by atoms with Gasteiger partial charge in [0.1, 0.15) is 0 Å². The molecule has 1 atom stereocenters. The molecule has 2 rings (SSSR count). The molecule has 1 aromatic rings. The number of ether oxygens (including phenoxy) is 1. The van der Waals surface area contributed by atoms with Crippen LogP contribution in [0.5, 0.6) is 0 Å². The van der Waals surface area contributed by atoms with E-state index in [0.717, 1.165) is 10.6 Å². The average molecular weight is 279 g/mol. The lowest BCUT2D eigenvalue weighted by molar-refractivity contribution is -0.117. The van der Waals surface area contributed by atoms with E-state index in [1.54, 1.807) is 24.0 Å². The third-order valence-corrected chi connectivity index (χ3v) is 4.15. The Labute approximate surface area is 117 Å². The van der Waals surface area contributed by atoms with E-state index in [2.05, 4.69) is 0 Å². The summed E-state index contributed by atoms with van der Waals surface area (Å²) in [6.45, 7) is 6.55. The fourth-order valence-electron chi connectivity index (χ4n) is 2.07. The second-order valence-electron chi connectivity index (χ2n) is 4.25. The Morgan fingerprint density at radius 1 is 1.42 bits per heavy atom. The number of benzene rings is 1. The first-order valence-corrected chi connectivity index (χ1v) is 7.25. The van der Waals surface area contributed by atoms with E-state index in [1.807, 2.05) is 19.9 Å². The van der Waals surface area contributed by atoms with Crippen LogP contribution in [0.1, 0.15) is 31.1 Å². The van der Waals surface area contributed by atoms with Gasteiger partial charge in [-0.1, -0.05) is 0 Å². The van der Waals surface area contributed by atoms with E-state index in [1.165, 1.54) is 11.8 Å². The van der Waals surface area contributed by atoms with Crippen LogP contribution in [0.4, 0.5) is 5.69 Å². The third-order valence-electron chi connectivity index (χ3n) is 2.99. The molecule has 5 heteroatoms. The number of hydrogen-bond acceptors (Lipinski definition) is 4. The van der Waals surface area contributed by atoms with Crippen LogP contribution >= 0.6 is 11.8 Å². The average Bonchev–Trinajstić information content (AvgIpc) is 2.40. The van der Waals surface area contributed by atoms with Crippen LogP contribution < -0.4 is 4.90 Å². The molecule has 0 saturated heterocycles. The first-order chi connectivity index (χ1) is 9.08. The molecule has 1 aromatic carbocycles. The molecule has 0 spiro atoms. The van der Waals surface area contributed by atoms with Crippen LogP contribution in [-0.2, 0) is 9.53 Å². The Bertz CT molecular complexity index is 515. The normalized spacial score (nSPS) is 18.2. The summed E-state index contributed by atoms with van der Waals surface area (Å²) in [4.78, 5) is 26.6.